The van der Waals surface area contributed by atoms with Crippen molar-refractivity contribution < 1.29 is 24.2 Å². The molecule has 0 radical (unpaired) electrons. The number of nitrogens with zero attached hydrogens (tertiary/aromatic N) is 3. The lowest BCUT2D eigenvalue weighted by Gasteiger charge is -2.22. The predicted octanol–water partition coefficient (Wildman–Crippen LogP) is 6.76. The van der Waals surface area contributed by atoms with Crippen molar-refractivity contribution in [1.29, 1.82) is 0 Å². The number of thioether (sulfide) groups is 1. The first kappa shape index (κ1) is 26.7. The highest BCUT2D eigenvalue weighted by atomic mass is 32.2. The molecule has 1 saturated heterocycles. The van der Waals surface area contributed by atoms with Crippen LogP contribution in [0.25, 0.3) is 16.5 Å². The van der Waals surface area contributed by atoms with Crippen LogP contribution >= 0.6 is 23.1 Å². The van der Waals surface area contributed by atoms with Crippen LogP contribution in [0.15, 0.2) is 94.8 Å². The van der Waals surface area contributed by atoms with Crippen LogP contribution in [0.2, 0.25) is 0 Å². The molecule has 0 bridgehead atoms. The normalized spacial score (nSPS) is 16.5. The van der Waals surface area contributed by atoms with E-state index in [1.54, 1.807) is 19.1 Å². The Labute approximate surface area is 242 Å². The predicted molar refractivity (Wildman–Crippen MR) is 157 cm³/mol. The number of halogens is 1. The highest BCUT2D eigenvalue weighted by Crippen LogP contribution is 2.44. The number of phenols is 1. The molecule has 1 fully saturated rings. The SMILES string of the molecule is Cc1ccc(/C(O)=C2\C(=O)C(=O)N(c3nnc(SCc4cccc5ccccc45)s3)C2c2ccc(O)cc2)cc1F. The van der Waals surface area contributed by atoms with Crippen molar-refractivity contribution in [2.75, 3.05) is 4.90 Å². The fraction of sp³-hybridized carbons (Fsp3) is 0.0968. The summed E-state index contributed by atoms with van der Waals surface area (Å²) >= 11 is 2.62. The van der Waals surface area contributed by atoms with Crippen LogP contribution in [-0.2, 0) is 15.3 Å². The number of aliphatic hydroxyl groups is 1. The summed E-state index contributed by atoms with van der Waals surface area (Å²) in [4.78, 5) is 27.9. The van der Waals surface area contributed by atoms with Gasteiger partial charge in [-0.15, -0.1) is 10.2 Å². The minimum atomic E-state index is -1.07. The minimum Gasteiger partial charge on any atom is -0.508 e. The molecular weight excluding hydrogens is 561 g/mol. The van der Waals surface area contributed by atoms with Gasteiger partial charge in [0.25, 0.3) is 5.78 Å². The van der Waals surface area contributed by atoms with Crippen LogP contribution in [0.5, 0.6) is 5.75 Å². The zero-order chi connectivity index (χ0) is 28.7. The monoisotopic (exact) mass is 583 g/mol. The summed E-state index contributed by atoms with van der Waals surface area (Å²) in [5, 5.41) is 32.0. The number of rotatable bonds is 6. The van der Waals surface area contributed by atoms with Crippen LogP contribution in [0, 0.1) is 12.7 Å². The van der Waals surface area contributed by atoms with E-state index in [2.05, 4.69) is 34.5 Å². The smallest absolute Gasteiger partial charge is 0.301 e. The van der Waals surface area contributed by atoms with Gasteiger partial charge < -0.3 is 10.2 Å². The highest BCUT2D eigenvalue weighted by Gasteiger charge is 2.48. The molecule has 0 aliphatic carbocycles. The van der Waals surface area contributed by atoms with Gasteiger partial charge >= 0.3 is 5.91 Å². The standard InChI is InChI=1S/C31H22FN3O4S2/c1-17-9-10-20(15-24(17)32)27(37)25-26(19-11-13-22(36)14-12-19)35(29(39)28(25)38)30-33-34-31(41-30)40-16-21-7-4-6-18-5-2-3-8-23(18)21/h2-15,26,36-37H,16H2,1H3/b27-25+. The van der Waals surface area contributed by atoms with E-state index in [1.807, 2.05) is 18.2 Å². The molecule has 5 aromatic rings. The molecular formula is C31H22FN3O4S2. The number of hydrogen-bond acceptors (Lipinski definition) is 8. The molecule has 7 nitrogen and oxygen atoms in total. The highest BCUT2D eigenvalue weighted by molar-refractivity contribution is 8.00. The molecule has 41 heavy (non-hydrogen) atoms. The Balaban J connectivity index is 1.37. The zero-order valence-electron chi connectivity index (χ0n) is 21.6. The third-order valence-electron chi connectivity index (χ3n) is 6.93. The molecule has 1 amide bonds. The number of fused-ring (bicyclic) bond motifs is 1. The molecule has 10 heteroatoms. The summed E-state index contributed by atoms with van der Waals surface area (Å²) in [6.45, 7) is 1.58. The van der Waals surface area contributed by atoms with Crippen LogP contribution in [0.1, 0.15) is 28.3 Å². The first-order chi connectivity index (χ1) is 19.8. The minimum absolute atomic E-state index is 0.00524. The Bertz CT molecular complexity index is 1850. The number of anilines is 1. The lowest BCUT2D eigenvalue weighted by Crippen LogP contribution is -2.29. The Hall–Kier alpha value is -4.54. The topological polar surface area (TPSA) is 104 Å². The number of phenolic OH excluding ortho intramolecular Hbond substituents is 1. The summed E-state index contributed by atoms with van der Waals surface area (Å²) < 4.78 is 14.9. The summed E-state index contributed by atoms with van der Waals surface area (Å²) in [6, 6.07) is 23.2. The van der Waals surface area contributed by atoms with Crippen molar-refractivity contribution in [1.82, 2.24) is 10.2 Å². The van der Waals surface area contributed by atoms with Crippen LogP contribution in [0.3, 0.4) is 0 Å². The van der Waals surface area contributed by atoms with Gasteiger partial charge in [-0.1, -0.05) is 89.8 Å². The zero-order valence-corrected chi connectivity index (χ0v) is 23.2. The van der Waals surface area contributed by atoms with Gasteiger partial charge in [-0.05, 0) is 52.6 Å². The third kappa shape index (κ3) is 4.96. The van der Waals surface area contributed by atoms with E-state index in [0.29, 0.717) is 21.2 Å². The molecule has 1 aliphatic rings. The molecule has 2 heterocycles. The summed E-state index contributed by atoms with van der Waals surface area (Å²) in [5.74, 6) is -2.26. The van der Waals surface area contributed by atoms with Gasteiger partial charge in [-0.3, -0.25) is 14.5 Å². The van der Waals surface area contributed by atoms with E-state index in [4.69, 9.17) is 0 Å². The van der Waals surface area contributed by atoms with Gasteiger partial charge in [0.05, 0.1) is 11.6 Å². The third-order valence-corrected chi connectivity index (χ3v) is 9.04. The number of aryl methyl sites for hydroxylation is 1. The van der Waals surface area contributed by atoms with Gasteiger partial charge in [0.15, 0.2) is 4.34 Å². The van der Waals surface area contributed by atoms with Crippen molar-refractivity contribution >= 4 is 56.5 Å². The number of hydrogen-bond donors (Lipinski definition) is 2. The number of aromatic hydroxyl groups is 1. The Kier molecular flexibility index (Phi) is 7.02. The van der Waals surface area contributed by atoms with E-state index in [-0.39, 0.29) is 22.0 Å². The Morgan fingerprint density at radius 3 is 2.54 bits per heavy atom. The number of Topliss-reactive ketones (excluding diaryl/α,β-unsaturated/α-hetero) is 1. The first-order valence-electron chi connectivity index (χ1n) is 12.6. The molecule has 0 saturated carbocycles. The van der Waals surface area contributed by atoms with E-state index in [9.17, 15) is 24.2 Å². The van der Waals surface area contributed by atoms with Gasteiger partial charge in [0.1, 0.15) is 17.3 Å². The van der Waals surface area contributed by atoms with Gasteiger partial charge in [0.2, 0.25) is 5.13 Å². The maximum absolute atomic E-state index is 14.3. The van der Waals surface area contributed by atoms with Gasteiger partial charge in [-0.25, -0.2) is 4.39 Å². The molecule has 204 valence electrons. The van der Waals surface area contributed by atoms with Crippen molar-refractivity contribution in [2.24, 2.45) is 0 Å². The first-order valence-corrected chi connectivity index (χ1v) is 14.4. The largest absolute Gasteiger partial charge is 0.508 e. The Morgan fingerprint density at radius 2 is 1.76 bits per heavy atom. The summed E-state index contributed by atoms with van der Waals surface area (Å²) in [6.07, 6.45) is 0. The molecule has 2 N–H and O–H groups in total. The molecule has 1 unspecified atom stereocenters. The molecule has 1 aliphatic heterocycles. The van der Waals surface area contributed by atoms with Crippen molar-refractivity contribution in [3.05, 3.63) is 119 Å². The number of aromatic nitrogens is 2. The summed E-state index contributed by atoms with van der Waals surface area (Å²) in [7, 11) is 0. The fourth-order valence-corrected chi connectivity index (χ4v) is 6.69. The number of benzene rings is 4. The van der Waals surface area contributed by atoms with Crippen molar-refractivity contribution in [3.8, 4) is 5.75 Å². The van der Waals surface area contributed by atoms with Crippen LogP contribution < -0.4 is 4.90 Å². The van der Waals surface area contributed by atoms with E-state index < -0.39 is 29.3 Å². The lowest BCUT2D eigenvalue weighted by atomic mass is 9.95. The quantitative estimate of drug-likeness (QED) is 0.0748. The molecule has 1 atom stereocenters. The van der Waals surface area contributed by atoms with Gasteiger partial charge in [0, 0.05) is 11.3 Å². The van der Waals surface area contributed by atoms with Crippen molar-refractivity contribution in [2.45, 2.75) is 23.1 Å². The Morgan fingerprint density at radius 1 is 1.00 bits per heavy atom. The average molecular weight is 584 g/mol. The molecule has 1 aromatic heterocycles. The van der Waals surface area contributed by atoms with Crippen molar-refractivity contribution in [3.63, 3.8) is 0 Å². The lowest BCUT2D eigenvalue weighted by molar-refractivity contribution is -0.132. The summed E-state index contributed by atoms with van der Waals surface area (Å²) in [5.41, 5.74) is 1.82. The second kappa shape index (κ2) is 10.8. The van der Waals surface area contributed by atoms with Crippen LogP contribution in [0.4, 0.5) is 9.52 Å². The maximum Gasteiger partial charge on any atom is 0.301 e. The fourth-order valence-electron chi connectivity index (χ4n) is 4.81. The number of ketones is 1. The van der Waals surface area contributed by atoms with Gasteiger partial charge in [-0.2, -0.15) is 0 Å². The van der Waals surface area contributed by atoms with E-state index in [0.717, 1.165) is 33.7 Å². The van der Waals surface area contributed by atoms with E-state index in [1.165, 1.54) is 40.9 Å². The number of carbonyl (C=O) groups excluding carboxylic acids is 2. The van der Waals surface area contributed by atoms with Crippen LogP contribution in [-0.4, -0.2) is 32.1 Å². The second-order valence-electron chi connectivity index (χ2n) is 9.50. The number of amides is 1. The maximum atomic E-state index is 14.3. The molecule has 6 rings (SSSR count). The van der Waals surface area contributed by atoms with E-state index >= 15 is 0 Å². The molecule has 0 spiro atoms. The number of aliphatic hydroxyl groups excluding tert-OH is 1. The second-order valence-corrected chi connectivity index (χ2v) is 11.7. The number of carbonyl (C=O) groups is 2. The molecule has 4 aromatic carbocycles. The average Bonchev–Trinajstić information content (AvgIpc) is 3.55.